The molecule has 0 aliphatic rings. The Hall–Kier alpha value is -3.58. The van der Waals surface area contributed by atoms with Gasteiger partial charge in [-0.3, -0.25) is 14.6 Å². The number of halogens is 1. The molecule has 0 unspecified atom stereocenters. The number of pyridine rings is 1. The topological polar surface area (TPSA) is 89.5 Å². The van der Waals surface area contributed by atoms with Crippen LogP contribution >= 0.6 is 11.6 Å². The standard InChI is InChI=1S/C21H18ClN3O4/c1-23-21(27)18-12-16(8-9-24-18)29-15-5-3-4-13(10-15)20(26)25-17-11-14(22)6-7-19(17)28-2/h3-12H,1-2H3,(H,23,27)(H,25,26). The van der Waals surface area contributed by atoms with Crippen LogP contribution in [0.3, 0.4) is 0 Å². The number of benzene rings is 2. The van der Waals surface area contributed by atoms with E-state index in [0.717, 1.165) is 0 Å². The summed E-state index contributed by atoms with van der Waals surface area (Å²) in [7, 11) is 3.03. The summed E-state index contributed by atoms with van der Waals surface area (Å²) in [6.07, 6.45) is 1.47. The van der Waals surface area contributed by atoms with Crippen LogP contribution in [0.4, 0.5) is 5.69 Å². The van der Waals surface area contributed by atoms with Crippen LogP contribution in [0.2, 0.25) is 5.02 Å². The second-order valence-electron chi connectivity index (χ2n) is 5.88. The lowest BCUT2D eigenvalue weighted by Crippen LogP contribution is -2.18. The number of carbonyl (C=O) groups is 2. The van der Waals surface area contributed by atoms with Gasteiger partial charge in [0, 0.05) is 29.9 Å². The summed E-state index contributed by atoms with van der Waals surface area (Å²) in [5.41, 5.74) is 1.07. The van der Waals surface area contributed by atoms with Crippen molar-refractivity contribution >= 4 is 29.1 Å². The number of ether oxygens (including phenoxy) is 2. The second-order valence-corrected chi connectivity index (χ2v) is 6.32. The first-order valence-electron chi connectivity index (χ1n) is 8.61. The van der Waals surface area contributed by atoms with Crippen LogP contribution in [0.5, 0.6) is 17.2 Å². The van der Waals surface area contributed by atoms with E-state index < -0.39 is 0 Å². The zero-order valence-corrected chi connectivity index (χ0v) is 16.5. The number of hydrogen-bond donors (Lipinski definition) is 2. The lowest BCUT2D eigenvalue weighted by molar-refractivity contribution is 0.0957. The van der Waals surface area contributed by atoms with Crippen molar-refractivity contribution in [2.24, 2.45) is 0 Å². The van der Waals surface area contributed by atoms with Gasteiger partial charge in [-0.05, 0) is 42.5 Å². The first-order chi connectivity index (χ1) is 14.0. The molecule has 2 amide bonds. The second kappa shape index (κ2) is 9.07. The SMILES string of the molecule is CNC(=O)c1cc(Oc2cccc(C(=O)Nc3cc(Cl)ccc3OC)c2)ccn1. The molecule has 2 N–H and O–H groups in total. The van der Waals surface area contributed by atoms with Crippen LogP contribution in [0.15, 0.2) is 60.8 Å². The van der Waals surface area contributed by atoms with Crippen molar-refractivity contribution in [3.63, 3.8) is 0 Å². The van der Waals surface area contributed by atoms with Crippen LogP contribution in [0.1, 0.15) is 20.8 Å². The Labute approximate surface area is 172 Å². The number of amides is 2. The highest BCUT2D eigenvalue weighted by atomic mass is 35.5. The molecule has 0 spiro atoms. The molecule has 0 atom stereocenters. The fourth-order valence-corrected chi connectivity index (χ4v) is 2.71. The Kier molecular flexibility index (Phi) is 6.31. The Morgan fingerprint density at radius 3 is 2.55 bits per heavy atom. The molecule has 0 saturated heterocycles. The van der Waals surface area contributed by atoms with E-state index in [4.69, 9.17) is 21.1 Å². The minimum Gasteiger partial charge on any atom is -0.495 e. The van der Waals surface area contributed by atoms with Gasteiger partial charge in [-0.1, -0.05) is 17.7 Å². The number of nitrogens with one attached hydrogen (secondary N) is 2. The van der Waals surface area contributed by atoms with E-state index in [1.165, 1.54) is 26.4 Å². The van der Waals surface area contributed by atoms with Gasteiger partial charge in [-0.2, -0.15) is 0 Å². The molecule has 0 fully saturated rings. The minimum absolute atomic E-state index is 0.229. The molecule has 29 heavy (non-hydrogen) atoms. The summed E-state index contributed by atoms with van der Waals surface area (Å²) in [6, 6.07) is 14.7. The molecule has 0 aliphatic heterocycles. The quantitative estimate of drug-likeness (QED) is 0.636. The van der Waals surface area contributed by atoms with Gasteiger partial charge >= 0.3 is 0 Å². The first-order valence-corrected chi connectivity index (χ1v) is 8.99. The number of nitrogens with zero attached hydrogens (tertiary/aromatic N) is 1. The number of hydrogen-bond acceptors (Lipinski definition) is 5. The zero-order valence-electron chi connectivity index (χ0n) is 15.7. The van der Waals surface area contributed by atoms with Gasteiger partial charge in [0.05, 0.1) is 12.8 Å². The number of methoxy groups -OCH3 is 1. The molecule has 0 bridgehead atoms. The summed E-state index contributed by atoms with van der Waals surface area (Å²) in [6.45, 7) is 0. The zero-order chi connectivity index (χ0) is 20.8. The van der Waals surface area contributed by atoms with Crippen LogP contribution in [0, 0.1) is 0 Å². The molecule has 1 heterocycles. The van der Waals surface area contributed by atoms with Gasteiger partial charge in [0.15, 0.2) is 0 Å². The van der Waals surface area contributed by atoms with Crippen molar-refractivity contribution in [1.82, 2.24) is 10.3 Å². The molecule has 0 saturated carbocycles. The summed E-state index contributed by atoms with van der Waals surface area (Å²) >= 11 is 6.00. The third-order valence-corrected chi connectivity index (χ3v) is 4.17. The van der Waals surface area contributed by atoms with E-state index >= 15 is 0 Å². The molecule has 2 aromatic carbocycles. The highest BCUT2D eigenvalue weighted by Gasteiger charge is 2.12. The number of anilines is 1. The molecular weight excluding hydrogens is 394 g/mol. The van der Waals surface area contributed by atoms with E-state index in [9.17, 15) is 9.59 Å². The van der Waals surface area contributed by atoms with E-state index in [1.54, 1.807) is 48.5 Å². The summed E-state index contributed by atoms with van der Waals surface area (Å²) in [5.74, 6) is 0.682. The predicted octanol–water partition coefficient (Wildman–Crippen LogP) is 4.15. The fraction of sp³-hybridized carbons (Fsp3) is 0.0952. The summed E-state index contributed by atoms with van der Waals surface area (Å²) in [4.78, 5) is 28.4. The maximum atomic E-state index is 12.7. The molecular formula is C21H18ClN3O4. The van der Waals surface area contributed by atoms with Crippen molar-refractivity contribution < 1.29 is 19.1 Å². The van der Waals surface area contributed by atoms with Gasteiger partial charge in [-0.25, -0.2) is 0 Å². The molecule has 0 aliphatic carbocycles. The van der Waals surface area contributed by atoms with Crippen LogP contribution in [-0.2, 0) is 0 Å². The Bertz CT molecular complexity index is 1060. The fourth-order valence-electron chi connectivity index (χ4n) is 2.54. The molecule has 1 aromatic heterocycles. The van der Waals surface area contributed by atoms with E-state index in [1.807, 2.05) is 0 Å². The van der Waals surface area contributed by atoms with Crippen molar-refractivity contribution in [3.05, 3.63) is 77.1 Å². The van der Waals surface area contributed by atoms with Crippen molar-refractivity contribution in [2.45, 2.75) is 0 Å². The predicted molar refractivity (Wildman–Crippen MR) is 110 cm³/mol. The van der Waals surface area contributed by atoms with E-state index in [2.05, 4.69) is 15.6 Å². The van der Waals surface area contributed by atoms with Crippen molar-refractivity contribution in [2.75, 3.05) is 19.5 Å². The molecule has 3 rings (SSSR count). The Morgan fingerprint density at radius 1 is 1.00 bits per heavy atom. The van der Waals surface area contributed by atoms with Crippen LogP contribution in [-0.4, -0.2) is 31.0 Å². The maximum absolute atomic E-state index is 12.7. The highest BCUT2D eigenvalue weighted by molar-refractivity contribution is 6.31. The minimum atomic E-state index is -0.350. The van der Waals surface area contributed by atoms with Crippen molar-refractivity contribution in [1.29, 1.82) is 0 Å². The summed E-state index contributed by atoms with van der Waals surface area (Å²) in [5, 5.41) is 5.75. The molecule has 148 valence electrons. The molecule has 0 radical (unpaired) electrons. The lowest BCUT2D eigenvalue weighted by Gasteiger charge is -2.12. The van der Waals surface area contributed by atoms with E-state index in [0.29, 0.717) is 33.5 Å². The van der Waals surface area contributed by atoms with Gasteiger partial charge < -0.3 is 20.1 Å². The number of rotatable bonds is 6. The molecule has 3 aromatic rings. The smallest absolute Gasteiger partial charge is 0.269 e. The monoisotopic (exact) mass is 411 g/mol. The normalized spacial score (nSPS) is 10.2. The maximum Gasteiger partial charge on any atom is 0.269 e. The Balaban J connectivity index is 1.78. The lowest BCUT2D eigenvalue weighted by atomic mass is 10.2. The average Bonchev–Trinajstić information content (AvgIpc) is 2.73. The van der Waals surface area contributed by atoms with Gasteiger partial charge in [0.25, 0.3) is 11.8 Å². The molecule has 8 heteroatoms. The van der Waals surface area contributed by atoms with Crippen LogP contribution < -0.4 is 20.1 Å². The number of aromatic nitrogens is 1. The summed E-state index contributed by atoms with van der Waals surface area (Å²) < 4.78 is 11.0. The van der Waals surface area contributed by atoms with Gasteiger partial charge in [-0.15, -0.1) is 0 Å². The van der Waals surface area contributed by atoms with Gasteiger partial charge in [0.1, 0.15) is 22.9 Å². The third-order valence-electron chi connectivity index (χ3n) is 3.93. The Morgan fingerprint density at radius 2 is 1.79 bits per heavy atom. The van der Waals surface area contributed by atoms with E-state index in [-0.39, 0.29) is 17.5 Å². The molecule has 7 nitrogen and oxygen atoms in total. The highest BCUT2D eigenvalue weighted by Crippen LogP contribution is 2.29. The third kappa shape index (κ3) is 5.03. The number of carbonyl (C=O) groups excluding carboxylic acids is 2. The average molecular weight is 412 g/mol. The van der Waals surface area contributed by atoms with Crippen molar-refractivity contribution in [3.8, 4) is 17.2 Å². The first kappa shape index (κ1) is 20.2. The largest absolute Gasteiger partial charge is 0.495 e. The van der Waals surface area contributed by atoms with Gasteiger partial charge in [0.2, 0.25) is 0 Å². The van der Waals surface area contributed by atoms with Crippen LogP contribution in [0.25, 0.3) is 0 Å².